The van der Waals surface area contributed by atoms with Gasteiger partial charge in [-0.15, -0.1) is 0 Å². The third-order valence-corrected chi connectivity index (χ3v) is 4.37. The number of carbonyl (C=O) groups is 2. The molecular weight excluding hydrogens is 364 g/mol. The Hall–Kier alpha value is -4.00. The minimum absolute atomic E-state index is 0.0167. The Bertz CT molecular complexity index is 1010. The number of phenols is 3. The van der Waals surface area contributed by atoms with E-state index in [1.165, 1.54) is 48.5 Å². The van der Waals surface area contributed by atoms with Crippen LogP contribution in [-0.2, 0) is 0 Å². The van der Waals surface area contributed by atoms with Crippen molar-refractivity contribution in [1.82, 2.24) is 0 Å². The van der Waals surface area contributed by atoms with Crippen LogP contribution in [0.25, 0.3) is 0 Å². The lowest BCUT2D eigenvalue weighted by molar-refractivity contribution is 0.0682. The van der Waals surface area contributed by atoms with Gasteiger partial charge < -0.3 is 25.5 Å². The van der Waals surface area contributed by atoms with E-state index >= 15 is 0 Å². The van der Waals surface area contributed by atoms with Gasteiger partial charge in [0.2, 0.25) is 0 Å². The van der Waals surface area contributed by atoms with E-state index in [0.717, 1.165) is 0 Å². The van der Waals surface area contributed by atoms with Gasteiger partial charge in [-0.1, -0.05) is 24.3 Å². The molecule has 3 aromatic rings. The van der Waals surface area contributed by atoms with Gasteiger partial charge >= 0.3 is 11.9 Å². The summed E-state index contributed by atoms with van der Waals surface area (Å²) in [5.41, 5.74) is 0.884. The van der Waals surface area contributed by atoms with E-state index in [4.69, 9.17) is 0 Å². The molecule has 0 saturated carbocycles. The number of benzene rings is 3. The van der Waals surface area contributed by atoms with Crippen LogP contribution < -0.4 is 0 Å². The summed E-state index contributed by atoms with van der Waals surface area (Å²) in [7, 11) is 0. The number of aromatic carboxylic acids is 2. The topological polar surface area (TPSA) is 135 Å². The lowest BCUT2D eigenvalue weighted by Crippen LogP contribution is -2.07. The van der Waals surface area contributed by atoms with E-state index in [1.807, 2.05) is 0 Å². The number of aromatic hydroxyl groups is 3. The average molecular weight is 380 g/mol. The van der Waals surface area contributed by atoms with Crippen LogP contribution in [0.1, 0.15) is 43.3 Å². The highest BCUT2D eigenvalue weighted by Gasteiger charge is 2.22. The van der Waals surface area contributed by atoms with E-state index in [-0.39, 0.29) is 16.9 Å². The molecule has 5 N–H and O–H groups in total. The van der Waals surface area contributed by atoms with Crippen LogP contribution in [0.3, 0.4) is 0 Å². The molecule has 3 aromatic carbocycles. The Morgan fingerprint density at radius 2 is 1.11 bits per heavy atom. The molecule has 3 rings (SSSR count). The molecule has 0 aliphatic heterocycles. The average Bonchev–Trinajstić information content (AvgIpc) is 2.64. The standard InChI is InChI=1S/C21H16O7/c22-14-3-1-2-11(8-14)19(12-4-6-17(23)15(9-12)20(25)26)13-5-7-18(24)16(10-13)21(27)28/h1-10,19,22-24H,(H,25,26)(H,27,28). The van der Waals surface area contributed by atoms with Gasteiger partial charge in [-0.2, -0.15) is 0 Å². The Labute approximate surface area is 159 Å². The zero-order valence-corrected chi connectivity index (χ0v) is 14.4. The van der Waals surface area contributed by atoms with Gasteiger partial charge in [0.25, 0.3) is 0 Å². The van der Waals surface area contributed by atoms with Crippen molar-refractivity contribution in [3.63, 3.8) is 0 Å². The summed E-state index contributed by atoms with van der Waals surface area (Å²) in [6, 6.07) is 14.4. The van der Waals surface area contributed by atoms with Crippen molar-refractivity contribution in [2.24, 2.45) is 0 Å². The monoisotopic (exact) mass is 380 g/mol. The summed E-state index contributed by atoms with van der Waals surface area (Å²) in [6.45, 7) is 0. The molecule has 7 nitrogen and oxygen atoms in total. The Morgan fingerprint density at radius 3 is 1.54 bits per heavy atom. The molecule has 7 heteroatoms. The van der Waals surface area contributed by atoms with Crippen LogP contribution in [-0.4, -0.2) is 37.5 Å². The SMILES string of the molecule is O=C(O)c1cc(C(c2cccc(O)c2)c2ccc(O)c(C(=O)O)c2)ccc1O. The molecular formula is C21H16O7. The maximum atomic E-state index is 11.4. The molecule has 0 saturated heterocycles. The summed E-state index contributed by atoms with van der Waals surface area (Å²) in [5.74, 6) is -4.09. The molecule has 142 valence electrons. The fraction of sp³-hybridized carbons (Fsp3) is 0.0476. The molecule has 0 unspecified atom stereocenters. The van der Waals surface area contributed by atoms with Gasteiger partial charge in [0.1, 0.15) is 28.4 Å². The van der Waals surface area contributed by atoms with Gasteiger partial charge in [-0.25, -0.2) is 9.59 Å². The third kappa shape index (κ3) is 3.59. The van der Waals surface area contributed by atoms with Crippen LogP contribution in [0, 0.1) is 0 Å². The second-order valence-corrected chi connectivity index (χ2v) is 6.19. The van der Waals surface area contributed by atoms with Crippen molar-refractivity contribution in [2.75, 3.05) is 0 Å². The van der Waals surface area contributed by atoms with Crippen molar-refractivity contribution >= 4 is 11.9 Å². The van der Waals surface area contributed by atoms with Crippen molar-refractivity contribution < 1.29 is 35.1 Å². The first-order chi connectivity index (χ1) is 13.3. The van der Waals surface area contributed by atoms with Gasteiger partial charge in [0.05, 0.1) is 0 Å². The number of rotatable bonds is 5. The Morgan fingerprint density at radius 1 is 0.643 bits per heavy atom. The maximum absolute atomic E-state index is 11.4. The highest BCUT2D eigenvalue weighted by atomic mass is 16.4. The van der Waals surface area contributed by atoms with Crippen molar-refractivity contribution in [3.8, 4) is 17.2 Å². The molecule has 28 heavy (non-hydrogen) atoms. The molecule has 0 amide bonds. The van der Waals surface area contributed by atoms with E-state index in [2.05, 4.69) is 0 Å². The summed E-state index contributed by atoms with van der Waals surface area (Å²) >= 11 is 0. The summed E-state index contributed by atoms with van der Waals surface area (Å²) < 4.78 is 0. The van der Waals surface area contributed by atoms with E-state index in [9.17, 15) is 35.1 Å². The first kappa shape index (κ1) is 18.8. The molecule has 0 aromatic heterocycles. The molecule has 0 spiro atoms. The van der Waals surface area contributed by atoms with Crippen molar-refractivity contribution in [2.45, 2.75) is 5.92 Å². The van der Waals surface area contributed by atoms with E-state index < -0.39 is 29.4 Å². The highest BCUT2D eigenvalue weighted by Crippen LogP contribution is 2.36. The molecule has 0 bridgehead atoms. The highest BCUT2D eigenvalue weighted by molar-refractivity contribution is 5.92. The summed E-state index contributed by atoms with van der Waals surface area (Å²) in [6.07, 6.45) is 0. The van der Waals surface area contributed by atoms with Gasteiger partial charge in [-0.3, -0.25) is 0 Å². The van der Waals surface area contributed by atoms with E-state index in [1.54, 1.807) is 12.1 Å². The smallest absolute Gasteiger partial charge is 0.339 e. The van der Waals surface area contributed by atoms with Crippen molar-refractivity contribution in [1.29, 1.82) is 0 Å². The lowest BCUT2D eigenvalue weighted by Gasteiger charge is -2.20. The second-order valence-electron chi connectivity index (χ2n) is 6.19. The second kappa shape index (κ2) is 7.32. The fourth-order valence-corrected chi connectivity index (χ4v) is 3.09. The molecule has 0 aliphatic carbocycles. The number of hydrogen-bond donors (Lipinski definition) is 5. The Balaban J connectivity index is 2.25. The minimum Gasteiger partial charge on any atom is -0.508 e. The summed E-state index contributed by atoms with van der Waals surface area (Å²) in [4.78, 5) is 22.8. The zero-order valence-electron chi connectivity index (χ0n) is 14.4. The van der Waals surface area contributed by atoms with Crippen molar-refractivity contribution in [3.05, 3.63) is 88.5 Å². The molecule has 0 fully saturated rings. The maximum Gasteiger partial charge on any atom is 0.339 e. The number of phenolic OH excluding ortho intramolecular Hbond substituents is 1. The quantitative estimate of drug-likeness (QED) is 0.428. The van der Waals surface area contributed by atoms with Gasteiger partial charge in [-0.05, 0) is 53.1 Å². The molecule has 0 atom stereocenters. The number of hydrogen-bond acceptors (Lipinski definition) is 5. The van der Waals surface area contributed by atoms with Crippen LogP contribution in [0.5, 0.6) is 17.2 Å². The lowest BCUT2D eigenvalue weighted by atomic mass is 9.83. The van der Waals surface area contributed by atoms with Crippen LogP contribution >= 0.6 is 0 Å². The van der Waals surface area contributed by atoms with Crippen LogP contribution in [0.2, 0.25) is 0 Å². The predicted molar refractivity (Wildman–Crippen MR) is 99.2 cm³/mol. The summed E-state index contributed by atoms with van der Waals surface area (Å²) in [5, 5.41) is 48.0. The number of carboxylic acid groups (broad SMARTS) is 2. The molecule has 0 radical (unpaired) electrons. The normalized spacial score (nSPS) is 10.8. The fourth-order valence-electron chi connectivity index (χ4n) is 3.09. The zero-order chi connectivity index (χ0) is 20.4. The largest absolute Gasteiger partial charge is 0.508 e. The third-order valence-electron chi connectivity index (χ3n) is 4.37. The molecule has 0 heterocycles. The predicted octanol–water partition coefficient (Wildman–Crippen LogP) is 3.38. The first-order valence-electron chi connectivity index (χ1n) is 8.19. The van der Waals surface area contributed by atoms with Crippen LogP contribution in [0.4, 0.5) is 0 Å². The van der Waals surface area contributed by atoms with Gasteiger partial charge in [0, 0.05) is 5.92 Å². The minimum atomic E-state index is -1.31. The number of carboxylic acids is 2. The Kier molecular flexibility index (Phi) is 4.91. The molecule has 0 aliphatic rings. The van der Waals surface area contributed by atoms with Crippen LogP contribution in [0.15, 0.2) is 60.7 Å². The first-order valence-corrected chi connectivity index (χ1v) is 8.19. The van der Waals surface area contributed by atoms with Gasteiger partial charge in [0.15, 0.2) is 0 Å². The van der Waals surface area contributed by atoms with E-state index in [0.29, 0.717) is 16.7 Å².